The average molecular weight is 521 g/mol. The van der Waals surface area contributed by atoms with Gasteiger partial charge in [0.1, 0.15) is 12.4 Å². The van der Waals surface area contributed by atoms with Crippen LogP contribution < -0.4 is 15.2 Å². The van der Waals surface area contributed by atoms with Gasteiger partial charge in [-0.2, -0.15) is 4.72 Å². The minimum absolute atomic E-state index is 0.0623. The lowest BCUT2D eigenvalue weighted by Gasteiger charge is -2.45. The number of nitrogens with zero attached hydrogens (tertiary/aromatic N) is 1. The molecule has 0 aromatic heterocycles. The molecular weight excluding hydrogens is 497 g/mol. The number of rotatable bonds is 7. The number of likely N-dealkylation sites (tertiary alicyclic amines) is 1. The third-order valence-corrected chi connectivity index (χ3v) is 7.78. The number of carbonyl (C=O) groups is 1. The molecule has 2 aromatic rings. The zero-order valence-corrected chi connectivity index (χ0v) is 20.4. The lowest BCUT2D eigenvalue weighted by Crippen LogP contribution is -2.67. The van der Waals surface area contributed by atoms with Gasteiger partial charge in [-0.3, -0.25) is 10.5 Å². The summed E-state index contributed by atoms with van der Waals surface area (Å²) in [7, 11) is -4.19. The van der Waals surface area contributed by atoms with E-state index < -0.39 is 32.7 Å². The maximum atomic E-state index is 13.5. The number of hydrogen-bond donors (Lipinski definition) is 2. The molecule has 1 fully saturated rings. The molecule has 1 heterocycles. The second kappa shape index (κ2) is 9.75. The fourth-order valence-corrected chi connectivity index (χ4v) is 5.75. The normalized spacial score (nSPS) is 23.4. The largest absolute Gasteiger partial charge is 0.488 e. The molecule has 3 unspecified atom stereocenters. The van der Waals surface area contributed by atoms with Crippen molar-refractivity contribution in [2.24, 2.45) is 11.7 Å². The monoisotopic (exact) mass is 519 g/mol. The molecule has 0 bridgehead atoms. The molecule has 2 aromatic carbocycles. The second-order valence-corrected chi connectivity index (χ2v) is 11.2. The van der Waals surface area contributed by atoms with E-state index in [0.29, 0.717) is 12.8 Å². The first-order valence-corrected chi connectivity index (χ1v) is 12.5. The molecule has 0 saturated carbocycles. The molecule has 11 heteroatoms. The summed E-state index contributed by atoms with van der Waals surface area (Å²) in [5, 5.41) is -1.24. The Labute approximate surface area is 202 Å². The van der Waals surface area contributed by atoms with Crippen LogP contribution in [0.1, 0.15) is 19.8 Å². The van der Waals surface area contributed by atoms with Crippen LogP contribution in [0, 0.1) is 5.92 Å². The molecule has 1 amide bonds. The average Bonchev–Trinajstić information content (AvgIpc) is 2.72. The zero-order chi connectivity index (χ0) is 23.6. The Morgan fingerprint density at radius 2 is 1.88 bits per heavy atom. The first-order chi connectivity index (χ1) is 14.9. The van der Waals surface area contributed by atoms with Gasteiger partial charge in [0.15, 0.2) is 5.12 Å². The number of benzene rings is 2. The van der Waals surface area contributed by atoms with Crippen LogP contribution in [-0.4, -0.2) is 42.5 Å². The summed E-state index contributed by atoms with van der Waals surface area (Å²) < 4.78 is 34.0. The first-order valence-electron chi connectivity index (χ1n) is 9.90. The van der Waals surface area contributed by atoms with Crippen LogP contribution in [0.4, 0.5) is 0 Å². The van der Waals surface area contributed by atoms with Crippen LogP contribution in [0.3, 0.4) is 0 Å². The smallest absolute Gasteiger partial charge is 0.265 e. The van der Waals surface area contributed by atoms with Gasteiger partial charge in [0.2, 0.25) is 15.0 Å². The third-order valence-electron chi connectivity index (χ3n) is 5.13. The molecule has 0 radical (unpaired) electrons. The van der Waals surface area contributed by atoms with Crippen LogP contribution in [0.2, 0.25) is 5.02 Å². The van der Waals surface area contributed by atoms with E-state index in [1.807, 2.05) is 6.92 Å². The Balaban J connectivity index is 1.94. The molecule has 1 aliphatic heterocycles. The Hall–Kier alpha value is -1.55. The van der Waals surface area contributed by atoms with Crippen LogP contribution in [0.25, 0.3) is 0 Å². The molecule has 0 aliphatic carbocycles. The van der Waals surface area contributed by atoms with Crippen LogP contribution in [0.15, 0.2) is 59.5 Å². The quantitative estimate of drug-likeness (QED) is 0.428. The number of nitrogens with one attached hydrogen (secondary N) is 1. The van der Waals surface area contributed by atoms with Gasteiger partial charge in [-0.25, -0.2) is 8.42 Å². The van der Waals surface area contributed by atoms with Crippen molar-refractivity contribution in [3.63, 3.8) is 0 Å². The first kappa shape index (κ1) is 25.1. The van der Waals surface area contributed by atoms with Crippen LogP contribution >= 0.6 is 34.8 Å². The fourth-order valence-electron chi connectivity index (χ4n) is 3.47. The molecule has 1 saturated heterocycles. The van der Waals surface area contributed by atoms with Gasteiger partial charge < -0.3 is 9.64 Å². The summed E-state index contributed by atoms with van der Waals surface area (Å²) in [6, 6.07) is 14.1. The summed E-state index contributed by atoms with van der Waals surface area (Å²) in [4.78, 5) is 12.4. The number of para-hydroxylation sites is 1. The second-order valence-electron chi connectivity index (χ2n) is 7.81. The minimum atomic E-state index is -4.19. The summed E-state index contributed by atoms with van der Waals surface area (Å²) in [5.74, 6) is -0.384. The van der Waals surface area contributed by atoms with Gasteiger partial charge in [0.05, 0.1) is 9.92 Å². The van der Waals surface area contributed by atoms with E-state index in [0.717, 1.165) is 0 Å². The predicted octanol–water partition coefficient (Wildman–Crippen LogP) is 3.74. The van der Waals surface area contributed by atoms with Gasteiger partial charge in [-0.15, -0.1) is 0 Å². The SMILES string of the molecule is CC1CCN(C(=O)C(Cl)(COc2ccccc2Cl)NS(=O)(=O)c2ccccc2)C(N)(Cl)C1. The molecule has 3 atom stereocenters. The summed E-state index contributed by atoms with van der Waals surface area (Å²) in [6.45, 7) is 1.63. The highest BCUT2D eigenvalue weighted by atomic mass is 35.5. The number of sulfonamides is 1. The number of piperidine rings is 1. The lowest BCUT2D eigenvalue weighted by atomic mass is 9.95. The van der Waals surface area contributed by atoms with Crippen molar-refractivity contribution in [3.8, 4) is 5.75 Å². The topological polar surface area (TPSA) is 102 Å². The fraction of sp³-hybridized carbons (Fsp3) is 0.381. The third kappa shape index (κ3) is 5.68. The maximum absolute atomic E-state index is 13.5. The number of nitrogens with two attached hydrogens (primary N) is 1. The molecule has 0 spiro atoms. The van der Waals surface area contributed by atoms with Gasteiger partial charge in [-0.1, -0.05) is 72.1 Å². The number of amides is 1. The molecule has 7 nitrogen and oxygen atoms in total. The summed E-state index contributed by atoms with van der Waals surface area (Å²) in [5.41, 5.74) is 6.19. The predicted molar refractivity (Wildman–Crippen MR) is 125 cm³/mol. The molecule has 3 N–H and O–H groups in total. The van der Waals surface area contributed by atoms with Gasteiger partial charge >= 0.3 is 0 Å². The van der Waals surface area contributed by atoms with Crippen LogP contribution in [-0.2, 0) is 14.8 Å². The van der Waals surface area contributed by atoms with E-state index >= 15 is 0 Å². The number of ether oxygens (including phenoxy) is 1. The summed E-state index contributed by atoms with van der Waals surface area (Å²) >= 11 is 19.2. The highest BCUT2D eigenvalue weighted by Gasteiger charge is 2.50. The van der Waals surface area contributed by atoms with Gasteiger partial charge in [-0.05, 0) is 36.6 Å². The number of alkyl halides is 2. The summed E-state index contributed by atoms with van der Waals surface area (Å²) in [6.07, 6.45) is 0.964. The van der Waals surface area contributed by atoms with Crippen molar-refractivity contribution >= 4 is 50.7 Å². The highest BCUT2D eigenvalue weighted by Crippen LogP contribution is 2.35. The molecule has 174 valence electrons. The van der Waals surface area contributed by atoms with Crippen molar-refractivity contribution < 1.29 is 17.9 Å². The maximum Gasteiger partial charge on any atom is 0.265 e. The van der Waals surface area contributed by atoms with E-state index in [-0.39, 0.29) is 28.1 Å². The van der Waals surface area contributed by atoms with Crippen LogP contribution in [0.5, 0.6) is 5.75 Å². The van der Waals surface area contributed by atoms with Crippen molar-refractivity contribution in [1.29, 1.82) is 0 Å². The van der Waals surface area contributed by atoms with E-state index in [1.165, 1.54) is 17.0 Å². The minimum Gasteiger partial charge on any atom is -0.488 e. The number of carbonyl (C=O) groups excluding carboxylic acids is 1. The van der Waals surface area contributed by atoms with E-state index in [4.69, 9.17) is 45.3 Å². The van der Waals surface area contributed by atoms with E-state index in [1.54, 1.807) is 42.5 Å². The molecular formula is C21H24Cl3N3O4S. The van der Waals surface area contributed by atoms with E-state index in [9.17, 15) is 13.2 Å². The Morgan fingerprint density at radius 1 is 1.25 bits per heavy atom. The Morgan fingerprint density at radius 3 is 2.50 bits per heavy atom. The number of hydrogen-bond acceptors (Lipinski definition) is 5. The van der Waals surface area contributed by atoms with Crippen molar-refractivity contribution in [3.05, 3.63) is 59.6 Å². The standard InChI is InChI=1S/C21H24Cl3N3O4S/c1-15-11-12-27(21(24,25)13-15)19(28)20(23,14-31-18-10-6-5-9-17(18)22)26-32(29,30)16-7-3-2-4-8-16/h2-10,15,26H,11-14,25H2,1H3. The highest BCUT2D eigenvalue weighted by molar-refractivity contribution is 7.89. The molecule has 32 heavy (non-hydrogen) atoms. The Bertz CT molecular complexity index is 1070. The number of halogens is 3. The van der Waals surface area contributed by atoms with Crippen molar-refractivity contribution in [1.82, 2.24) is 9.62 Å². The van der Waals surface area contributed by atoms with Gasteiger partial charge in [0.25, 0.3) is 5.91 Å². The molecule has 3 rings (SSSR count). The van der Waals surface area contributed by atoms with Crippen molar-refractivity contribution in [2.45, 2.75) is 34.8 Å². The van der Waals surface area contributed by atoms with Crippen molar-refractivity contribution in [2.75, 3.05) is 13.2 Å². The zero-order valence-electron chi connectivity index (χ0n) is 17.3. The van der Waals surface area contributed by atoms with Gasteiger partial charge in [0, 0.05) is 13.0 Å². The van der Waals surface area contributed by atoms with E-state index in [2.05, 4.69) is 4.72 Å². The molecule has 1 aliphatic rings. The lowest BCUT2D eigenvalue weighted by molar-refractivity contribution is -0.141. The Kier molecular flexibility index (Phi) is 7.64.